The molecule has 0 saturated carbocycles. The van der Waals surface area contributed by atoms with Gasteiger partial charge in [-0.3, -0.25) is 9.69 Å². The SMILES string of the molecule is Nc1nc(F)c(-c2ccc(N3CCOCC3)c(CN3CCC3)c2F)cc1-c1ccc2c(c1)CCNC2=O. The molecule has 0 aliphatic carbocycles. The highest BCUT2D eigenvalue weighted by Gasteiger charge is 2.26. The first-order chi connectivity index (χ1) is 18.0. The number of morpholine rings is 1. The van der Waals surface area contributed by atoms with Crippen molar-refractivity contribution in [2.75, 3.05) is 56.6 Å². The van der Waals surface area contributed by atoms with E-state index in [4.69, 9.17) is 10.5 Å². The summed E-state index contributed by atoms with van der Waals surface area (Å²) in [5.74, 6) is -1.34. The minimum absolute atomic E-state index is 0.0209. The minimum Gasteiger partial charge on any atom is -0.383 e. The van der Waals surface area contributed by atoms with Crippen LogP contribution in [-0.2, 0) is 17.7 Å². The molecule has 0 radical (unpaired) electrons. The average molecular weight is 506 g/mol. The summed E-state index contributed by atoms with van der Waals surface area (Å²) in [6.45, 7) is 5.42. The smallest absolute Gasteiger partial charge is 0.251 e. The van der Waals surface area contributed by atoms with Gasteiger partial charge in [0.15, 0.2) is 0 Å². The van der Waals surface area contributed by atoms with Gasteiger partial charge in [-0.25, -0.2) is 9.37 Å². The Balaban J connectivity index is 1.43. The number of nitrogens with one attached hydrogen (secondary N) is 1. The number of rotatable bonds is 5. The molecule has 192 valence electrons. The van der Waals surface area contributed by atoms with Crippen LogP contribution in [0.5, 0.6) is 0 Å². The molecule has 2 fully saturated rings. The van der Waals surface area contributed by atoms with Crippen molar-refractivity contribution in [3.63, 3.8) is 0 Å². The molecule has 2 aromatic carbocycles. The van der Waals surface area contributed by atoms with Gasteiger partial charge in [0, 0.05) is 59.7 Å². The van der Waals surface area contributed by atoms with Crippen LogP contribution < -0.4 is 16.0 Å². The number of likely N-dealkylation sites (tertiary alicyclic amines) is 1. The second kappa shape index (κ2) is 9.72. The van der Waals surface area contributed by atoms with Crippen molar-refractivity contribution in [3.05, 3.63) is 64.9 Å². The van der Waals surface area contributed by atoms with E-state index in [0.717, 1.165) is 30.8 Å². The number of fused-ring (bicyclic) bond motifs is 1. The number of nitrogen functional groups attached to an aromatic ring is 1. The number of nitrogens with two attached hydrogens (primary N) is 1. The molecule has 37 heavy (non-hydrogen) atoms. The Hall–Kier alpha value is -3.56. The first kappa shape index (κ1) is 23.8. The molecule has 0 atom stereocenters. The lowest BCUT2D eigenvalue weighted by Gasteiger charge is -2.35. The number of aromatic nitrogens is 1. The molecule has 0 spiro atoms. The van der Waals surface area contributed by atoms with Gasteiger partial charge in [-0.15, -0.1) is 0 Å². The molecular formula is C28H29F2N5O2. The number of halogens is 2. The van der Waals surface area contributed by atoms with E-state index in [9.17, 15) is 4.79 Å². The fraction of sp³-hybridized carbons (Fsp3) is 0.357. The Morgan fingerprint density at radius 1 is 0.973 bits per heavy atom. The van der Waals surface area contributed by atoms with Gasteiger partial charge in [0.05, 0.1) is 13.2 Å². The minimum atomic E-state index is -0.813. The maximum absolute atomic E-state index is 16.2. The number of hydrogen-bond acceptors (Lipinski definition) is 6. The van der Waals surface area contributed by atoms with E-state index < -0.39 is 11.8 Å². The predicted octanol–water partition coefficient (Wildman–Crippen LogP) is 3.60. The molecule has 4 heterocycles. The van der Waals surface area contributed by atoms with Gasteiger partial charge >= 0.3 is 0 Å². The summed E-state index contributed by atoms with van der Waals surface area (Å²) in [5, 5.41) is 2.83. The average Bonchev–Trinajstić information content (AvgIpc) is 2.88. The number of anilines is 2. The Kier molecular flexibility index (Phi) is 6.26. The third-order valence-corrected chi connectivity index (χ3v) is 7.54. The highest BCUT2D eigenvalue weighted by Crippen LogP contribution is 2.38. The lowest BCUT2D eigenvalue weighted by molar-refractivity contribution is 0.0946. The second-order valence-electron chi connectivity index (χ2n) is 9.79. The summed E-state index contributed by atoms with van der Waals surface area (Å²) in [6.07, 6.45) is 1.78. The van der Waals surface area contributed by atoms with E-state index in [1.54, 1.807) is 24.3 Å². The molecule has 3 aliphatic rings. The molecule has 3 aliphatic heterocycles. The molecule has 3 aromatic rings. The van der Waals surface area contributed by atoms with Gasteiger partial charge in [-0.2, -0.15) is 4.39 Å². The van der Waals surface area contributed by atoms with Crippen molar-refractivity contribution in [1.82, 2.24) is 15.2 Å². The Morgan fingerprint density at radius 3 is 2.51 bits per heavy atom. The zero-order valence-electron chi connectivity index (χ0n) is 20.5. The highest BCUT2D eigenvalue weighted by molar-refractivity contribution is 5.97. The second-order valence-corrected chi connectivity index (χ2v) is 9.79. The van der Waals surface area contributed by atoms with Crippen LogP contribution in [0, 0.1) is 11.8 Å². The third kappa shape index (κ3) is 4.42. The van der Waals surface area contributed by atoms with Gasteiger partial charge in [0.1, 0.15) is 11.6 Å². The van der Waals surface area contributed by atoms with Crippen molar-refractivity contribution in [1.29, 1.82) is 0 Å². The molecule has 7 nitrogen and oxygen atoms in total. The van der Waals surface area contributed by atoms with Gasteiger partial charge in [0.25, 0.3) is 5.91 Å². The summed E-state index contributed by atoms with van der Waals surface area (Å²) in [6, 6.07) is 10.5. The number of carbonyl (C=O) groups excluding carboxylic acids is 1. The number of hydrogen-bond donors (Lipinski definition) is 2. The van der Waals surface area contributed by atoms with Crippen LogP contribution in [0.25, 0.3) is 22.3 Å². The molecule has 0 unspecified atom stereocenters. The van der Waals surface area contributed by atoms with Crippen LogP contribution in [-0.4, -0.2) is 61.7 Å². The molecule has 1 amide bonds. The third-order valence-electron chi connectivity index (χ3n) is 7.54. The van der Waals surface area contributed by atoms with E-state index in [1.165, 1.54) is 0 Å². The van der Waals surface area contributed by atoms with Crippen molar-refractivity contribution in [3.8, 4) is 22.3 Å². The number of amides is 1. The summed E-state index contributed by atoms with van der Waals surface area (Å²) in [7, 11) is 0. The van der Waals surface area contributed by atoms with Gasteiger partial charge < -0.3 is 20.7 Å². The van der Waals surface area contributed by atoms with Crippen molar-refractivity contribution >= 4 is 17.4 Å². The Bertz CT molecular complexity index is 1370. The molecule has 6 rings (SSSR count). The number of nitrogens with zero attached hydrogens (tertiary/aromatic N) is 3. The first-order valence-electron chi connectivity index (χ1n) is 12.7. The Labute approximate surface area is 214 Å². The van der Waals surface area contributed by atoms with Crippen LogP contribution in [0.1, 0.15) is 27.9 Å². The summed E-state index contributed by atoms with van der Waals surface area (Å²) < 4.78 is 36.9. The summed E-state index contributed by atoms with van der Waals surface area (Å²) in [4.78, 5) is 20.4. The van der Waals surface area contributed by atoms with E-state index in [-0.39, 0.29) is 22.9 Å². The first-order valence-corrected chi connectivity index (χ1v) is 12.7. The van der Waals surface area contributed by atoms with Gasteiger partial charge in [-0.1, -0.05) is 12.1 Å². The zero-order chi connectivity index (χ0) is 25.5. The van der Waals surface area contributed by atoms with Gasteiger partial charge in [0.2, 0.25) is 5.95 Å². The molecule has 9 heteroatoms. The van der Waals surface area contributed by atoms with Crippen LogP contribution in [0.4, 0.5) is 20.3 Å². The lowest BCUT2D eigenvalue weighted by Crippen LogP contribution is -2.39. The topological polar surface area (TPSA) is 83.7 Å². The molecular weight excluding hydrogens is 476 g/mol. The standard InChI is InChI=1S/C28H29F2N5O2/c29-25-20(4-5-24(35-10-12-37-13-11-35)23(25)16-34-8-1-9-34)22-15-21(27(31)33-26(22)30)17-2-3-19-18(14-17)6-7-32-28(19)36/h2-5,14-15H,1,6-13,16H2,(H2,31,33)(H,32,36). The number of ether oxygens (including phenoxy) is 1. The molecule has 1 aromatic heterocycles. The van der Waals surface area contributed by atoms with E-state index in [1.807, 2.05) is 12.1 Å². The van der Waals surface area contributed by atoms with E-state index in [0.29, 0.717) is 68.1 Å². The fourth-order valence-electron chi connectivity index (χ4n) is 5.35. The summed E-state index contributed by atoms with van der Waals surface area (Å²) in [5.41, 5.74) is 10.5. The van der Waals surface area contributed by atoms with Crippen molar-refractivity contribution < 1.29 is 18.3 Å². The number of pyridine rings is 1. The van der Waals surface area contributed by atoms with Crippen LogP contribution >= 0.6 is 0 Å². The molecule has 3 N–H and O–H groups in total. The quantitative estimate of drug-likeness (QED) is 0.516. The van der Waals surface area contributed by atoms with E-state index in [2.05, 4.69) is 20.1 Å². The maximum atomic E-state index is 16.2. The van der Waals surface area contributed by atoms with Crippen LogP contribution in [0.2, 0.25) is 0 Å². The van der Waals surface area contributed by atoms with Crippen LogP contribution in [0.3, 0.4) is 0 Å². The summed E-state index contributed by atoms with van der Waals surface area (Å²) >= 11 is 0. The maximum Gasteiger partial charge on any atom is 0.251 e. The van der Waals surface area contributed by atoms with E-state index >= 15 is 8.78 Å². The fourth-order valence-corrected chi connectivity index (χ4v) is 5.35. The van der Waals surface area contributed by atoms with Crippen molar-refractivity contribution in [2.45, 2.75) is 19.4 Å². The highest BCUT2D eigenvalue weighted by atomic mass is 19.1. The molecule has 2 saturated heterocycles. The normalized spacial score (nSPS) is 17.8. The predicted molar refractivity (Wildman–Crippen MR) is 138 cm³/mol. The Morgan fingerprint density at radius 2 is 1.76 bits per heavy atom. The molecule has 0 bridgehead atoms. The zero-order valence-corrected chi connectivity index (χ0v) is 20.5. The van der Waals surface area contributed by atoms with Gasteiger partial charge in [-0.05, 0) is 61.3 Å². The number of carbonyl (C=O) groups is 1. The lowest BCUT2D eigenvalue weighted by atomic mass is 9.93. The largest absolute Gasteiger partial charge is 0.383 e. The number of benzene rings is 2. The monoisotopic (exact) mass is 505 g/mol. The van der Waals surface area contributed by atoms with Crippen molar-refractivity contribution in [2.24, 2.45) is 0 Å². The van der Waals surface area contributed by atoms with Crippen LogP contribution in [0.15, 0.2) is 36.4 Å².